The maximum absolute atomic E-state index is 11.5. The Morgan fingerprint density at radius 2 is 1.90 bits per heavy atom. The van der Waals surface area contributed by atoms with Gasteiger partial charge in [0.2, 0.25) is 0 Å². The first-order valence-electron chi connectivity index (χ1n) is 11.5. The summed E-state index contributed by atoms with van der Waals surface area (Å²) in [6, 6.07) is 0. The van der Waals surface area contributed by atoms with Crippen molar-refractivity contribution in [2.75, 3.05) is 7.11 Å². The topological polar surface area (TPSA) is 46.5 Å². The minimum atomic E-state index is -0.523. The molecule has 1 N–H and O–H groups in total. The zero-order valence-corrected chi connectivity index (χ0v) is 18.8. The molecule has 29 heavy (non-hydrogen) atoms. The van der Waals surface area contributed by atoms with Gasteiger partial charge in [-0.3, -0.25) is 0 Å². The molecule has 7 atom stereocenters. The average Bonchev–Trinajstić information content (AvgIpc) is 3.03. The van der Waals surface area contributed by atoms with Crippen LogP contribution < -0.4 is 0 Å². The third-order valence-corrected chi connectivity index (χ3v) is 9.23. The van der Waals surface area contributed by atoms with Crippen LogP contribution in [0.25, 0.3) is 0 Å². The number of rotatable bonds is 3. The zero-order chi connectivity index (χ0) is 21.0. The third-order valence-electron chi connectivity index (χ3n) is 9.23. The quantitative estimate of drug-likeness (QED) is 0.382. The minimum absolute atomic E-state index is 0.239. The number of fused-ring (bicyclic) bond motifs is 5. The summed E-state index contributed by atoms with van der Waals surface area (Å²) in [5.41, 5.74) is 3.03. The molecule has 4 aliphatic carbocycles. The van der Waals surface area contributed by atoms with E-state index in [2.05, 4.69) is 32.9 Å². The van der Waals surface area contributed by atoms with Gasteiger partial charge in [0.15, 0.2) is 0 Å². The average molecular weight is 399 g/mol. The van der Waals surface area contributed by atoms with Crippen molar-refractivity contribution in [2.24, 2.45) is 34.5 Å². The summed E-state index contributed by atoms with van der Waals surface area (Å²) in [4.78, 5) is 11.5. The molecule has 0 radical (unpaired) electrons. The number of esters is 1. The van der Waals surface area contributed by atoms with Crippen molar-refractivity contribution in [3.05, 3.63) is 35.5 Å². The highest BCUT2D eigenvalue weighted by Crippen LogP contribution is 2.66. The smallest absolute Gasteiger partial charge is 0.330 e. The Morgan fingerprint density at radius 3 is 2.62 bits per heavy atom. The monoisotopic (exact) mass is 398 g/mol. The Hall–Kier alpha value is -1.35. The number of aliphatic hydroxyl groups is 1. The molecule has 0 aromatic heterocycles. The predicted octanol–water partition coefficient (Wildman–Crippen LogP) is 5.60. The van der Waals surface area contributed by atoms with Gasteiger partial charge in [0.1, 0.15) is 0 Å². The summed E-state index contributed by atoms with van der Waals surface area (Å²) in [5.74, 6) is 2.17. The van der Waals surface area contributed by atoms with Gasteiger partial charge < -0.3 is 9.84 Å². The van der Waals surface area contributed by atoms with Gasteiger partial charge in [0.25, 0.3) is 0 Å². The summed E-state index contributed by atoms with van der Waals surface area (Å²) in [6.45, 7) is 9.18. The number of methoxy groups -OCH3 is 1. The molecule has 0 aliphatic heterocycles. The molecule has 0 unspecified atom stereocenters. The van der Waals surface area contributed by atoms with E-state index < -0.39 is 5.60 Å². The molecule has 0 spiro atoms. The van der Waals surface area contributed by atoms with Crippen LogP contribution >= 0.6 is 0 Å². The molecule has 2 saturated carbocycles. The highest BCUT2D eigenvalue weighted by atomic mass is 16.5. The molecule has 2 fully saturated rings. The fraction of sp³-hybridized carbons (Fsp3) is 0.731. The van der Waals surface area contributed by atoms with Crippen molar-refractivity contribution in [1.29, 1.82) is 0 Å². The molecule has 0 heterocycles. The number of allylic oxidation sites excluding steroid dienone is 4. The highest BCUT2D eigenvalue weighted by molar-refractivity contribution is 5.81. The molecule has 4 rings (SSSR count). The van der Waals surface area contributed by atoms with Crippen LogP contribution in [-0.2, 0) is 9.53 Å². The van der Waals surface area contributed by atoms with Crippen LogP contribution in [-0.4, -0.2) is 23.8 Å². The third kappa shape index (κ3) is 3.34. The largest absolute Gasteiger partial charge is 0.466 e. The van der Waals surface area contributed by atoms with Crippen LogP contribution in [0.4, 0.5) is 0 Å². The second kappa shape index (κ2) is 7.11. The van der Waals surface area contributed by atoms with E-state index in [1.807, 2.05) is 13.0 Å². The van der Waals surface area contributed by atoms with Crippen LogP contribution in [0, 0.1) is 34.5 Å². The Balaban J connectivity index is 1.57. The second-order valence-corrected chi connectivity index (χ2v) is 11.0. The Kier molecular flexibility index (Phi) is 5.13. The second-order valence-electron chi connectivity index (χ2n) is 11.0. The normalized spacial score (nSPS) is 45.0. The van der Waals surface area contributed by atoms with Gasteiger partial charge in [0, 0.05) is 6.08 Å². The highest BCUT2D eigenvalue weighted by Gasteiger charge is 2.57. The fourth-order valence-corrected chi connectivity index (χ4v) is 7.51. The first kappa shape index (κ1) is 20.9. The van der Waals surface area contributed by atoms with Crippen molar-refractivity contribution in [1.82, 2.24) is 0 Å². The van der Waals surface area contributed by atoms with Gasteiger partial charge in [-0.1, -0.05) is 50.1 Å². The number of hydrogen-bond donors (Lipinski definition) is 1. The van der Waals surface area contributed by atoms with E-state index in [9.17, 15) is 9.90 Å². The maximum Gasteiger partial charge on any atom is 0.330 e. The zero-order valence-electron chi connectivity index (χ0n) is 18.8. The molecule has 0 bridgehead atoms. The summed E-state index contributed by atoms with van der Waals surface area (Å²) in [6.07, 6.45) is 16.3. The molecular weight excluding hydrogens is 360 g/mol. The van der Waals surface area contributed by atoms with E-state index in [0.717, 1.165) is 31.1 Å². The first-order valence-corrected chi connectivity index (χ1v) is 11.5. The van der Waals surface area contributed by atoms with Crippen LogP contribution in [0.2, 0.25) is 0 Å². The number of carbonyl (C=O) groups excluding carboxylic acids is 1. The van der Waals surface area contributed by atoms with Gasteiger partial charge in [-0.2, -0.15) is 0 Å². The number of hydrogen-bond acceptors (Lipinski definition) is 3. The molecular formula is C26H38O3. The van der Waals surface area contributed by atoms with E-state index >= 15 is 0 Å². The van der Waals surface area contributed by atoms with Crippen LogP contribution in [0.1, 0.15) is 72.6 Å². The lowest BCUT2D eigenvalue weighted by Crippen LogP contribution is -2.51. The molecule has 3 heteroatoms. The molecule has 0 saturated heterocycles. The van der Waals surface area contributed by atoms with Crippen molar-refractivity contribution in [3.63, 3.8) is 0 Å². The van der Waals surface area contributed by atoms with E-state index in [-0.39, 0.29) is 22.7 Å². The Labute approximate surface area is 176 Å². The summed E-state index contributed by atoms with van der Waals surface area (Å²) >= 11 is 0. The van der Waals surface area contributed by atoms with Crippen molar-refractivity contribution in [3.8, 4) is 0 Å². The van der Waals surface area contributed by atoms with Crippen LogP contribution in [0.5, 0.6) is 0 Å². The van der Waals surface area contributed by atoms with E-state index in [4.69, 9.17) is 4.74 Å². The summed E-state index contributed by atoms with van der Waals surface area (Å²) in [5, 5.41) is 10.6. The maximum atomic E-state index is 11.5. The van der Waals surface area contributed by atoms with Gasteiger partial charge in [0.05, 0.1) is 12.7 Å². The van der Waals surface area contributed by atoms with E-state index in [0.29, 0.717) is 5.92 Å². The molecule has 3 nitrogen and oxygen atoms in total. The standard InChI is InChI=1S/C26H38O3/c1-17(6-11-23(27)29-5)20-9-10-21-19-8-7-18-16-24(2,28)14-15-25(18,3)22(19)12-13-26(20,21)4/h6-7,9,11,17,19,21-22,28H,8,10,12-16H2,1-5H3/t17-,19+,21+,22+,24+,25+,26-/m1/s1. The van der Waals surface area contributed by atoms with Crippen molar-refractivity contribution < 1.29 is 14.6 Å². The predicted molar refractivity (Wildman–Crippen MR) is 116 cm³/mol. The van der Waals surface area contributed by atoms with Crippen LogP contribution in [0.3, 0.4) is 0 Å². The number of carbonyl (C=O) groups is 1. The van der Waals surface area contributed by atoms with Gasteiger partial charge in [-0.25, -0.2) is 4.79 Å². The summed E-state index contributed by atoms with van der Waals surface area (Å²) in [7, 11) is 1.43. The minimum Gasteiger partial charge on any atom is -0.466 e. The van der Waals surface area contributed by atoms with E-state index in [1.165, 1.54) is 43.9 Å². The lowest BCUT2D eigenvalue weighted by molar-refractivity contribution is -0.134. The van der Waals surface area contributed by atoms with Gasteiger partial charge in [-0.15, -0.1) is 0 Å². The first-order chi connectivity index (χ1) is 13.6. The van der Waals surface area contributed by atoms with Crippen molar-refractivity contribution >= 4 is 5.97 Å². The molecule has 0 aromatic carbocycles. The fourth-order valence-electron chi connectivity index (χ4n) is 7.51. The van der Waals surface area contributed by atoms with Gasteiger partial charge >= 0.3 is 5.97 Å². The Bertz CT molecular complexity index is 773. The number of ether oxygens (including phenoxy) is 1. The molecule has 0 amide bonds. The molecule has 160 valence electrons. The van der Waals surface area contributed by atoms with Crippen molar-refractivity contribution in [2.45, 2.75) is 78.2 Å². The molecule has 4 aliphatic rings. The lowest BCUT2D eigenvalue weighted by Gasteiger charge is -2.58. The van der Waals surface area contributed by atoms with Gasteiger partial charge in [-0.05, 0) is 86.4 Å². The van der Waals surface area contributed by atoms with E-state index in [1.54, 1.807) is 6.08 Å². The SMILES string of the molecule is COC(=O)C=C[C@@H](C)C1=CC[C@H]2[C@@H]3CC=C4C[C@@](C)(O)CC[C@]4(C)[C@H]3CC[C@]12C. The summed E-state index contributed by atoms with van der Waals surface area (Å²) < 4.78 is 4.77. The Morgan fingerprint density at radius 1 is 1.14 bits per heavy atom. The van der Waals surface area contributed by atoms with Crippen LogP contribution in [0.15, 0.2) is 35.5 Å². The molecule has 0 aromatic rings. The lowest BCUT2D eigenvalue weighted by atomic mass is 9.46.